The van der Waals surface area contributed by atoms with Crippen LogP contribution in [0.2, 0.25) is 0 Å². The average molecular weight is 233 g/mol. The van der Waals surface area contributed by atoms with E-state index >= 15 is 0 Å². The molecule has 0 spiro atoms. The molecule has 90 valence electrons. The van der Waals surface area contributed by atoms with Crippen LogP contribution in [0.1, 0.15) is 30.5 Å². The Morgan fingerprint density at radius 2 is 2.24 bits per heavy atom. The zero-order valence-electron chi connectivity index (χ0n) is 9.78. The molecule has 1 aromatic carbocycles. The summed E-state index contributed by atoms with van der Waals surface area (Å²) >= 11 is 0. The Labute approximate surface area is 100 Å². The third-order valence-electron chi connectivity index (χ3n) is 2.80. The zero-order chi connectivity index (χ0) is 12.1. The molecule has 0 saturated heterocycles. The van der Waals surface area contributed by atoms with Crippen molar-refractivity contribution in [3.63, 3.8) is 0 Å². The number of nitrogens with one attached hydrogen (secondary N) is 2. The van der Waals surface area contributed by atoms with E-state index in [1.54, 1.807) is 12.3 Å². The molecule has 1 heterocycles. The van der Waals surface area contributed by atoms with E-state index in [0.29, 0.717) is 6.54 Å². The van der Waals surface area contributed by atoms with Crippen LogP contribution >= 0.6 is 0 Å². The number of rotatable bonds is 5. The molecule has 0 radical (unpaired) electrons. The van der Waals surface area contributed by atoms with Crippen LogP contribution in [0.4, 0.5) is 4.39 Å². The first-order valence-electron chi connectivity index (χ1n) is 5.76. The molecule has 4 heteroatoms. The fourth-order valence-electron chi connectivity index (χ4n) is 1.85. The van der Waals surface area contributed by atoms with E-state index in [-0.39, 0.29) is 11.9 Å². The molecule has 17 heavy (non-hydrogen) atoms. The molecular formula is C13H16FN3. The number of aromatic nitrogens is 2. The fraction of sp³-hybridized carbons (Fsp3) is 0.308. The predicted octanol–water partition coefficient (Wildman–Crippen LogP) is 2.79. The lowest BCUT2D eigenvalue weighted by Crippen LogP contribution is -2.21. The maximum atomic E-state index is 13.6. The van der Waals surface area contributed by atoms with Crippen LogP contribution in [0, 0.1) is 5.82 Å². The maximum absolute atomic E-state index is 13.6. The zero-order valence-corrected chi connectivity index (χ0v) is 9.78. The van der Waals surface area contributed by atoms with Gasteiger partial charge in [0.25, 0.3) is 0 Å². The third-order valence-corrected chi connectivity index (χ3v) is 2.80. The lowest BCUT2D eigenvalue weighted by Gasteiger charge is -2.17. The number of hydrogen-bond acceptors (Lipinski definition) is 2. The Morgan fingerprint density at radius 1 is 1.41 bits per heavy atom. The van der Waals surface area contributed by atoms with Crippen LogP contribution in [0.5, 0.6) is 0 Å². The average Bonchev–Trinajstić information content (AvgIpc) is 2.85. The van der Waals surface area contributed by atoms with Gasteiger partial charge >= 0.3 is 0 Å². The van der Waals surface area contributed by atoms with Crippen LogP contribution in [0.3, 0.4) is 0 Å². The van der Waals surface area contributed by atoms with Gasteiger partial charge in [0.15, 0.2) is 0 Å². The highest BCUT2D eigenvalue weighted by atomic mass is 19.1. The van der Waals surface area contributed by atoms with E-state index in [1.807, 2.05) is 25.3 Å². The molecule has 1 atom stereocenters. The largest absolute Gasteiger partial charge is 0.306 e. The van der Waals surface area contributed by atoms with E-state index in [2.05, 4.69) is 15.5 Å². The summed E-state index contributed by atoms with van der Waals surface area (Å²) in [5, 5.41) is 9.96. The molecule has 2 aromatic rings. The lowest BCUT2D eigenvalue weighted by atomic mass is 10.0. The van der Waals surface area contributed by atoms with Gasteiger partial charge in [0.05, 0.1) is 6.20 Å². The van der Waals surface area contributed by atoms with Crippen LogP contribution in [-0.2, 0) is 6.54 Å². The molecule has 3 nitrogen and oxygen atoms in total. The van der Waals surface area contributed by atoms with E-state index in [4.69, 9.17) is 0 Å². The highest BCUT2D eigenvalue weighted by Crippen LogP contribution is 2.20. The lowest BCUT2D eigenvalue weighted by molar-refractivity contribution is 0.488. The molecule has 0 aliphatic carbocycles. The van der Waals surface area contributed by atoms with Gasteiger partial charge in [-0.1, -0.05) is 25.1 Å². The summed E-state index contributed by atoms with van der Waals surface area (Å²) < 4.78 is 13.6. The van der Waals surface area contributed by atoms with Gasteiger partial charge in [-0.05, 0) is 12.5 Å². The molecule has 1 aromatic heterocycles. The highest BCUT2D eigenvalue weighted by molar-refractivity contribution is 5.21. The fourth-order valence-corrected chi connectivity index (χ4v) is 1.85. The smallest absolute Gasteiger partial charge is 0.127 e. The van der Waals surface area contributed by atoms with Gasteiger partial charge in [-0.2, -0.15) is 5.10 Å². The van der Waals surface area contributed by atoms with Gasteiger partial charge in [0.2, 0.25) is 0 Å². The predicted molar refractivity (Wildman–Crippen MR) is 64.9 cm³/mol. The van der Waals surface area contributed by atoms with Gasteiger partial charge in [-0.3, -0.25) is 5.10 Å². The summed E-state index contributed by atoms with van der Waals surface area (Å²) in [4.78, 5) is 0. The summed E-state index contributed by atoms with van der Waals surface area (Å²) in [6.07, 6.45) is 4.45. The topological polar surface area (TPSA) is 40.7 Å². The standard InChI is InChI=1S/C13H16FN3/c1-2-13(11-5-3-4-6-12(11)14)15-7-10-8-16-17-9-10/h3-6,8-9,13,15H,2,7H2,1H3,(H,16,17). The summed E-state index contributed by atoms with van der Waals surface area (Å²) in [6, 6.07) is 6.93. The SMILES string of the molecule is CCC(NCc1cn[nH]c1)c1ccccc1F. The Hall–Kier alpha value is -1.68. The van der Waals surface area contributed by atoms with Crippen LogP contribution in [0.15, 0.2) is 36.7 Å². The van der Waals surface area contributed by atoms with Crippen molar-refractivity contribution < 1.29 is 4.39 Å². The van der Waals surface area contributed by atoms with Crippen molar-refractivity contribution >= 4 is 0 Å². The van der Waals surface area contributed by atoms with E-state index < -0.39 is 0 Å². The molecule has 0 bridgehead atoms. The molecular weight excluding hydrogens is 217 g/mol. The van der Waals surface area contributed by atoms with Crippen molar-refractivity contribution in [1.82, 2.24) is 15.5 Å². The summed E-state index contributed by atoms with van der Waals surface area (Å²) in [5.41, 5.74) is 1.79. The van der Waals surface area contributed by atoms with Gasteiger partial charge in [-0.15, -0.1) is 0 Å². The molecule has 0 aliphatic heterocycles. The molecule has 2 N–H and O–H groups in total. The van der Waals surface area contributed by atoms with Crippen molar-refractivity contribution in [2.75, 3.05) is 0 Å². The maximum Gasteiger partial charge on any atom is 0.127 e. The summed E-state index contributed by atoms with van der Waals surface area (Å²) in [6.45, 7) is 2.73. The molecule has 0 amide bonds. The van der Waals surface area contributed by atoms with E-state index in [0.717, 1.165) is 17.5 Å². The third kappa shape index (κ3) is 2.91. The Balaban J connectivity index is 2.04. The van der Waals surface area contributed by atoms with Gasteiger partial charge in [-0.25, -0.2) is 4.39 Å². The van der Waals surface area contributed by atoms with E-state index in [1.165, 1.54) is 6.07 Å². The molecule has 0 saturated carbocycles. The Bertz CT molecular complexity index is 453. The van der Waals surface area contributed by atoms with Crippen molar-refractivity contribution in [2.24, 2.45) is 0 Å². The second kappa shape index (κ2) is 5.59. The van der Waals surface area contributed by atoms with Crippen molar-refractivity contribution in [1.29, 1.82) is 0 Å². The van der Waals surface area contributed by atoms with Gasteiger partial charge < -0.3 is 5.32 Å². The highest BCUT2D eigenvalue weighted by Gasteiger charge is 2.12. The van der Waals surface area contributed by atoms with Crippen molar-refractivity contribution in [3.8, 4) is 0 Å². The van der Waals surface area contributed by atoms with Crippen molar-refractivity contribution in [2.45, 2.75) is 25.9 Å². The quantitative estimate of drug-likeness (QED) is 0.833. The number of nitrogens with zero attached hydrogens (tertiary/aromatic N) is 1. The minimum Gasteiger partial charge on any atom is -0.306 e. The summed E-state index contributed by atoms with van der Waals surface area (Å²) in [7, 11) is 0. The van der Waals surface area contributed by atoms with Crippen LogP contribution in [0.25, 0.3) is 0 Å². The van der Waals surface area contributed by atoms with E-state index in [9.17, 15) is 4.39 Å². The number of aromatic amines is 1. The van der Waals surface area contributed by atoms with Gasteiger partial charge in [0, 0.05) is 29.9 Å². The minimum atomic E-state index is -0.154. The second-order valence-electron chi connectivity index (χ2n) is 3.97. The monoisotopic (exact) mass is 233 g/mol. The number of halogens is 1. The summed E-state index contributed by atoms with van der Waals surface area (Å²) in [5.74, 6) is -0.154. The number of H-pyrrole nitrogens is 1. The second-order valence-corrected chi connectivity index (χ2v) is 3.97. The number of hydrogen-bond donors (Lipinski definition) is 2. The van der Waals surface area contributed by atoms with Gasteiger partial charge in [0.1, 0.15) is 5.82 Å². The first-order chi connectivity index (χ1) is 8.31. The van der Waals surface area contributed by atoms with Crippen molar-refractivity contribution in [3.05, 3.63) is 53.6 Å². The van der Waals surface area contributed by atoms with Crippen LogP contribution in [-0.4, -0.2) is 10.2 Å². The first kappa shape index (κ1) is 11.8. The Kier molecular flexibility index (Phi) is 3.88. The molecule has 0 aliphatic rings. The molecule has 0 fully saturated rings. The molecule has 2 rings (SSSR count). The Morgan fingerprint density at radius 3 is 2.88 bits per heavy atom. The normalized spacial score (nSPS) is 12.6. The van der Waals surface area contributed by atoms with Crippen LogP contribution < -0.4 is 5.32 Å². The number of benzene rings is 1. The molecule has 1 unspecified atom stereocenters. The minimum absolute atomic E-state index is 0.0334. The first-order valence-corrected chi connectivity index (χ1v) is 5.76.